The Kier molecular flexibility index (Phi) is 6.15. The molecule has 1 unspecified atom stereocenters. The number of aliphatic hydroxyl groups excluding tert-OH is 1. The maximum absolute atomic E-state index is 11.9. The van der Waals surface area contributed by atoms with Crippen molar-refractivity contribution in [2.24, 2.45) is 5.92 Å². The van der Waals surface area contributed by atoms with Crippen molar-refractivity contribution in [3.63, 3.8) is 0 Å². The maximum Gasteiger partial charge on any atom is 0.254 e. The van der Waals surface area contributed by atoms with E-state index in [2.05, 4.69) is 10.3 Å². The van der Waals surface area contributed by atoms with Crippen LogP contribution in [0.3, 0.4) is 0 Å². The fourth-order valence-electron chi connectivity index (χ4n) is 1.66. The number of nitrogens with one attached hydrogen (secondary N) is 1. The van der Waals surface area contributed by atoms with Gasteiger partial charge in [0.15, 0.2) is 0 Å². The Labute approximate surface area is 112 Å². The minimum absolute atomic E-state index is 0.185. The largest absolute Gasteiger partial charge is 0.391 e. The number of aliphatic hydroxyl groups is 1. The molecule has 0 fully saturated rings. The predicted octanol–water partition coefficient (Wildman–Crippen LogP) is 1.94. The third-order valence-electron chi connectivity index (χ3n) is 2.45. The molecule has 1 aromatic heterocycles. The highest BCUT2D eigenvalue weighted by Gasteiger charge is 2.13. The van der Waals surface area contributed by atoms with E-state index < -0.39 is 6.10 Å². The zero-order chi connectivity index (χ0) is 13.5. The topological polar surface area (TPSA) is 62.2 Å². The summed E-state index contributed by atoms with van der Waals surface area (Å²) < 4.78 is 0. The molecule has 1 rings (SSSR count). The quantitative estimate of drug-likeness (QED) is 0.774. The van der Waals surface area contributed by atoms with E-state index in [1.54, 1.807) is 18.3 Å². The smallest absolute Gasteiger partial charge is 0.254 e. The molecule has 0 saturated carbocycles. The minimum atomic E-state index is -0.497. The van der Waals surface area contributed by atoms with Crippen LogP contribution in [0.25, 0.3) is 0 Å². The number of hydrogen-bond acceptors (Lipinski definition) is 4. The van der Waals surface area contributed by atoms with E-state index in [0.29, 0.717) is 22.9 Å². The van der Waals surface area contributed by atoms with Crippen LogP contribution in [0, 0.1) is 5.92 Å². The average Bonchev–Trinajstić information content (AvgIpc) is 2.35. The van der Waals surface area contributed by atoms with Gasteiger partial charge in [0, 0.05) is 12.7 Å². The van der Waals surface area contributed by atoms with Gasteiger partial charge in [0.1, 0.15) is 5.03 Å². The van der Waals surface area contributed by atoms with Gasteiger partial charge in [0.05, 0.1) is 11.7 Å². The lowest BCUT2D eigenvalue weighted by Crippen LogP contribution is -2.33. The minimum Gasteiger partial charge on any atom is -0.391 e. The first-order valence-electron chi connectivity index (χ1n) is 5.99. The van der Waals surface area contributed by atoms with E-state index in [4.69, 9.17) is 0 Å². The summed E-state index contributed by atoms with van der Waals surface area (Å²) in [5.74, 6) is 0.229. The molecule has 0 saturated heterocycles. The van der Waals surface area contributed by atoms with E-state index in [-0.39, 0.29) is 12.5 Å². The molecular weight excluding hydrogens is 248 g/mol. The Balaban J connectivity index is 2.55. The summed E-state index contributed by atoms with van der Waals surface area (Å²) in [4.78, 5) is 16.1. The number of amides is 1. The zero-order valence-electron chi connectivity index (χ0n) is 11.0. The molecule has 2 N–H and O–H groups in total. The molecule has 1 amide bonds. The van der Waals surface area contributed by atoms with Crippen LogP contribution in [0.15, 0.2) is 23.4 Å². The lowest BCUT2D eigenvalue weighted by atomic mass is 10.1. The Morgan fingerprint density at radius 2 is 2.28 bits per heavy atom. The van der Waals surface area contributed by atoms with Crippen LogP contribution in [0.2, 0.25) is 0 Å². The molecule has 0 spiro atoms. The van der Waals surface area contributed by atoms with Crippen molar-refractivity contribution < 1.29 is 9.90 Å². The van der Waals surface area contributed by atoms with Gasteiger partial charge < -0.3 is 10.4 Å². The number of pyridine rings is 1. The molecule has 0 bridgehead atoms. The monoisotopic (exact) mass is 268 g/mol. The zero-order valence-corrected chi connectivity index (χ0v) is 11.8. The fraction of sp³-hybridized carbons (Fsp3) is 0.538. The van der Waals surface area contributed by atoms with E-state index in [9.17, 15) is 9.90 Å². The van der Waals surface area contributed by atoms with Crippen molar-refractivity contribution in [1.29, 1.82) is 0 Å². The fourth-order valence-corrected chi connectivity index (χ4v) is 2.21. The normalized spacial score (nSPS) is 12.5. The molecule has 100 valence electrons. The van der Waals surface area contributed by atoms with Gasteiger partial charge in [-0.15, -0.1) is 11.8 Å². The SMILES string of the molecule is CSc1ncccc1C(=O)NCC(O)CC(C)C. The lowest BCUT2D eigenvalue weighted by molar-refractivity contribution is 0.0897. The third-order valence-corrected chi connectivity index (χ3v) is 3.16. The Morgan fingerprint density at radius 1 is 1.56 bits per heavy atom. The van der Waals surface area contributed by atoms with Crippen LogP contribution in [0.5, 0.6) is 0 Å². The van der Waals surface area contributed by atoms with Crippen molar-refractivity contribution in [2.45, 2.75) is 31.4 Å². The van der Waals surface area contributed by atoms with Crippen molar-refractivity contribution in [3.05, 3.63) is 23.9 Å². The van der Waals surface area contributed by atoms with Gasteiger partial charge in [-0.2, -0.15) is 0 Å². The molecule has 1 aromatic rings. The number of carbonyl (C=O) groups is 1. The highest BCUT2D eigenvalue weighted by molar-refractivity contribution is 7.98. The number of hydrogen-bond donors (Lipinski definition) is 2. The van der Waals surface area contributed by atoms with Crippen LogP contribution in [-0.2, 0) is 0 Å². The third kappa shape index (κ3) is 4.66. The van der Waals surface area contributed by atoms with Crippen LogP contribution < -0.4 is 5.32 Å². The summed E-state index contributed by atoms with van der Waals surface area (Å²) in [7, 11) is 0. The van der Waals surface area contributed by atoms with Gasteiger partial charge in [-0.05, 0) is 30.7 Å². The second-order valence-corrected chi connectivity index (χ2v) is 5.35. The van der Waals surface area contributed by atoms with Gasteiger partial charge in [0.25, 0.3) is 5.91 Å². The van der Waals surface area contributed by atoms with Gasteiger partial charge in [-0.25, -0.2) is 4.98 Å². The number of rotatable bonds is 6. The van der Waals surface area contributed by atoms with E-state index in [1.165, 1.54) is 11.8 Å². The van der Waals surface area contributed by atoms with Gasteiger partial charge in [-0.3, -0.25) is 4.79 Å². The molecule has 1 heterocycles. The molecule has 1 atom stereocenters. The van der Waals surface area contributed by atoms with E-state index in [0.717, 1.165) is 0 Å². The second kappa shape index (κ2) is 7.38. The summed E-state index contributed by atoms with van der Waals surface area (Å²) >= 11 is 1.43. The molecular formula is C13H20N2O2S. The number of carbonyl (C=O) groups excluding carboxylic acids is 1. The highest BCUT2D eigenvalue weighted by Crippen LogP contribution is 2.16. The molecule has 4 nitrogen and oxygen atoms in total. The molecule has 0 aromatic carbocycles. The Hall–Kier alpha value is -1.07. The molecule has 0 aliphatic carbocycles. The number of aromatic nitrogens is 1. The summed E-state index contributed by atoms with van der Waals surface area (Å²) in [6, 6.07) is 3.47. The summed E-state index contributed by atoms with van der Waals surface area (Å²) in [6.07, 6.45) is 3.73. The van der Waals surface area contributed by atoms with Crippen molar-refractivity contribution in [3.8, 4) is 0 Å². The molecule has 0 aliphatic heterocycles. The van der Waals surface area contributed by atoms with Crippen LogP contribution in [0.1, 0.15) is 30.6 Å². The summed E-state index contributed by atoms with van der Waals surface area (Å²) in [5, 5.41) is 13.1. The number of nitrogens with zero attached hydrogens (tertiary/aromatic N) is 1. The first-order valence-corrected chi connectivity index (χ1v) is 7.22. The van der Waals surface area contributed by atoms with Crippen molar-refractivity contribution in [1.82, 2.24) is 10.3 Å². The van der Waals surface area contributed by atoms with Gasteiger partial charge in [0.2, 0.25) is 0 Å². The summed E-state index contributed by atoms with van der Waals surface area (Å²) in [5.41, 5.74) is 0.557. The number of thioether (sulfide) groups is 1. The van der Waals surface area contributed by atoms with Crippen LogP contribution in [0.4, 0.5) is 0 Å². The highest BCUT2D eigenvalue weighted by atomic mass is 32.2. The standard InChI is InChI=1S/C13H20N2O2S/c1-9(2)7-10(16)8-15-12(17)11-5-4-6-14-13(11)18-3/h4-6,9-10,16H,7-8H2,1-3H3,(H,15,17). The average molecular weight is 268 g/mol. The lowest BCUT2D eigenvalue weighted by Gasteiger charge is -2.14. The van der Waals surface area contributed by atoms with Gasteiger partial charge >= 0.3 is 0 Å². The molecule has 0 aliphatic rings. The van der Waals surface area contributed by atoms with Crippen LogP contribution in [-0.4, -0.2) is 34.9 Å². The summed E-state index contributed by atoms with van der Waals surface area (Å²) in [6.45, 7) is 4.36. The first kappa shape index (κ1) is 15.0. The molecule has 18 heavy (non-hydrogen) atoms. The van der Waals surface area contributed by atoms with E-state index >= 15 is 0 Å². The maximum atomic E-state index is 11.9. The van der Waals surface area contributed by atoms with Crippen molar-refractivity contribution >= 4 is 17.7 Å². The Morgan fingerprint density at radius 3 is 2.89 bits per heavy atom. The Bertz CT molecular complexity index is 396. The first-order chi connectivity index (χ1) is 8.54. The van der Waals surface area contributed by atoms with Crippen LogP contribution >= 0.6 is 11.8 Å². The van der Waals surface area contributed by atoms with E-state index in [1.807, 2.05) is 20.1 Å². The van der Waals surface area contributed by atoms with Gasteiger partial charge in [-0.1, -0.05) is 13.8 Å². The predicted molar refractivity (Wildman–Crippen MR) is 73.8 cm³/mol. The molecule has 5 heteroatoms. The van der Waals surface area contributed by atoms with Crippen molar-refractivity contribution in [2.75, 3.05) is 12.8 Å². The second-order valence-electron chi connectivity index (χ2n) is 4.55. The molecule has 0 radical (unpaired) electrons.